The predicted octanol–water partition coefficient (Wildman–Crippen LogP) is 2.37. The molecule has 1 aromatic heterocycles. The minimum Gasteiger partial charge on any atom is -0.508 e. The number of halogens is 3. The lowest BCUT2D eigenvalue weighted by Gasteiger charge is -2.27. The molecule has 0 saturated carbocycles. The molecule has 0 aliphatic heterocycles. The summed E-state index contributed by atoms with van der Waals surface area (Å²) >= 11 is 0. The number of aliphatic carboxylic acids is 2. The van der Waals surface area contributed by atoms with Gasteiger partial charge in [0.05, 0.1) is 19.0 Å². The predicted molar refractivity (Wildman–Crippen MR) is 315 cm³/mol. The number of rotatable bonds is 28. The minimum atomic E-state index is -5.08. The molecule has 0 bridgehead atoms. The number of nitrogens with one attached hydrogen (secondary N) is 10. The van der Waals surface area contributed by atoms with Gasteiger partial charge in [0, 0.05) is 36.4 Å². The van der Waals surface area contributed by atoms with E-state index in [1.807, 2.05) is 31.2 Å². The maximum absolute atomic E-state index is 14.2. The standard InChI is InChI=1S/C58H73N11O13.C2HF3O2/c1-6-7-21-43(64-53(77)46(67-57(81)82-58(3,4)5)30-38-32-60-42-22-15-14-20-40(38)42)52(76)66-47(31-49(72)73)54(78)65-45(29-36-18-12-9-13-19-36)56(80)69-68-55(79)44(28-35-16-10-8-11-17-35)63-48(71)33-61-50(74)34(2)62-51(75)41(59)27-37-23-25-39(70)26-24-37;3-2(4,5)1(6)7/h8-20,22-26,32,34,41,43-47,60,70H,6-7,21,27-31,33,59H2,1-5H3,(H,61,74)(H,62,75)(H,63,71)(H,64,77)(H,65,78)(H,66,76)(H,67,81)(H,68,79)(H,69,80)(H,72,73);(H,6,7)/t34-,41+,43+,44+,45+,46+,47+;/m1./s1. The van der Waals surface area contributed by atoms with E-state index in [1.54, 1.807) is 99.8 Å². The number of para-hydroxylation sites is 1. The summed E-state index contributed by atoms with van der Waals surface area (Å²) in [7, 11) is 0. The maximum Gasteiger partial charge on any atom is 0.490 e. The Morgan fingerprint density at radius 2 is 1.06 bits per heavy atom. The maximum atomic E-state index is 14.2. The lowest BCUT2D eigenvalue weighted by Crippen LogP contribution is -2.61. The van der Waals surface area contributed by atoms with E-state index >= 15 is 0 Å². The van der Waals surface area contributed by atoms with Gasteiger partial charge >= 0.3 is 24.2 Å². The molecule has 0 radical (unpaired) electrons. The van der Waals surface area contributed by atoms with Crippen LogP contribution < -0.4 is 53.8 Å². The van der Waals surface area contributed by atoms with Crippen LogP contribution in [0.3, 0.4) is 0 Å². The highest BCUT2D eigenvalue weighted by Gasteiger charge is 2.38. The molecule has 26 nitrogen and oxygen atoms in total. The number of aromatic hydroxyl groups is 1. The van der Waals surface area contributed by atoms with Gasteiger partial charge in [-0.3, -0.25) is 54.0 Å². The quantitative estimate of drug-likeness (QED) is 0.0320. The van der Waals surface area contributed by atoms with Crippen LogP contribution in [0.2, 0.25) is 0 Å². The summed E-state index contributed by atoms with van der Waals surface area (Å²) in [5.41, 5.74) is 12.9. The Balaban J connectivity index is 0.00000227. The van der Waals surface area contributed by atoms with Gasteiger partial charge < -0.3 is 68.0 Å². The highest BCUT2D eigenvalue weighted by Crippen LogP contribution is 2.20. The first-order valence-electron chi connectivity index (χ1n) is 28.0. The fraction of sp³-hybridized carbons (Fsp3) is 0.383. The SMILES string of the molecule is CCCC[C@H](NC(=O)[C@H](Cc1c[nH]c2ccccc12)NC(=O)OC(C)(C)C)C(=O)N[C@@H](CC(=O)O)C(=O)N[C@@H](Cc1ccccc1)C(=O)NNC(=O)[C@H](Cc1ccccc1)NC(=O)CNC(=O)[C@@H](C)NC(=O)[C@@H](N)Cc1ccc(O)cc1.O=C(O)C(F)(F)F. The summed E-state index contributed by atoms with van der Waals surface area (Å²) in [4.78, 5) is 147. The average Bonchev–Trinajstić information content (AvgIpc) is 3.98. The number of ether oxygens (including phenoxy) is 1. The van der Waals surface area contributed by atoms with Gasteiger partial charge in [-0.25, -0.2) is 9.59 Å². The van der Waals surface area contributed by atoms with Crippen LogP contribution >= 0.6 is 0 Å². The van der Waals surface area contributed by atoms with Crippen molar-refractivity contribution in [1.82, 2.24) is 53.1 Å². The minimum absolute atomic E-state index is 0.0280. The smallest absolute Gasteiger partial charge is 0.490 e. The van der Waals surface area contributed by atoms with Crippen LogP contribution in [-0.4, -0.2) is 146 Å². The third kappa shape index (κ3) is 25.4. The molecule has 0 aliphatic carbocycles. The molecule has 9 amide bonds. The Kier molecular flexibility index (Phi) is 27.5. The van der Waals surface area contributed by atoms with Crippen molar-refractivity contribution >= 4 is 76.2 Å². The Morgan fingerprint density at radius 3 is 1.60 bits per heavy atom. The normalized spacial score (nSPS) is 13.5. The molecule has 1 heterocycles. The zero-order valence-corrected chi connectivity index (χ0v) is 49.3. The van der Waals surface area contributed by atoms with E-state index in [9.17, 15) is 71.3 Å². The van der Waals surface area contributed by atoms with Gasteiger partial charge in [0.15, 0.2) is 0 Å². The molecule has 5 rings (SSSR count). The first-order chi connectivity index (χ1) is 41.9. The van der Waals surface area contributed by atoms with E-state index in [4.69, 9.17) is 20.4 Å². The molecule has 0 unspecified atom stereocenters. The molecule has 29 heteroatoms. The van der Waals surface area contributed by atoms with E-state index in [1.165, 1.54) is 19.1 Å². The zero-order chi connectivity index (χ0) is 66.0. The van der Waals surface area contributed by atoms with Crippen LogP contribution in [0.25, 0.3) is 10.9 Å². The second-order valence-electron chi connectivity index (χ2n) is 21.4. The number of benzene rings is 4. The summed E-state index contributed by atoms with van der Waals surface area (Å²) in [5, 5.41) is 45.1. The molecule has 0 spiro atoms. The monoisotopic (exact) mass is 1250 g/mol. The van der Waals surface area contributed by atoms with Crippen LogP contribution in [0.1, 0.15) is 82.6 Å². The molecule has 4 aromatic carbocycles. The van der Waals surface area contributed by atoms with E-state index in [-0.39, 0.29) is 37.9 Å². The molecule has 89 heavy (non-hydrogen) atoms. The molecule has 5 aromatic rings. The number of fused-ring (bicyclic) bond motifs is 1. The molecular weight excluding hydrogens is 1170 g/mol. The van der Waals surface area contributed by atoms with Gasteiger partial charge in [0.25, 0.3) is 11.8 Å². The fourth-order valence-corrected chi connectivity index (χ4v) is 8.40. The molecule has 0 fully saturated rings. The number of H-pyrrole nitrogens is 1. The van der Waals surface area contributed by atoms with Crippen molar-refractivity contribution < 1.29 is 86.0 Å². The molecule has 0 saturated heterocycles. The van der Waals surface area contributed by atoms with Gasteiger partial charge in [0.2, 0.25) is 35.4 Å². The highest BCUT2D eigenvalue weighted by atomic mass is 19.4. The van der Waals surface area contributed by atoms with Crippen LogP contribution in [0.4, 0.5) is 18.0 Å². The number of unbranched alkanes of at least 4 members (excludes halogenated alkanes) is 1. The summed E-state index contributed by atoms with van der Waals surface area (Å²) in [6, 6.07) is 20.8. The van der Waals surface area contributed by atoms with E-state index in [2.05, 4.69) is 53.1 Å². The number of phenols is 1. The number of aromatic amines is 1. The Morgan fingerprint density at radius 1 is 0.573 bits per heavy atom. The van der Waals surface area contributed by atoms with E-state index < -0.39 is 132 Å². The largest absolute Gasteiger partial charge is 0.508 e. The topological polar surface area (TPSA) is 408 Å². The number of carboxylic acid groups (broad SMARTS) is 2. The number of carbonyl (C=O) groups excluding carboxylic acids is 9. The number of amides is 9. The lowest BCUT2D eigenvalue weighted by atomic mass is 10.0. The van der Waals surface area contributed by atoms with Gasteiger partial charge in [0.1, 0.15) is 47.6 Å². The van der Waals surface area contributed by atoms with Crippen molar-refractivity contribution in [1.29, 1.82) is 0 Å². The third-order valence-electron chi connectivity index (χ3n) is 12.9. The molecule has 7 atom stereocenters. The molecule has 480 valence electrons. The summed E-state index contributed by atoms with van der Waals surface area (Å²) < 4.78 is 37.2. The van der Waals surface area contributed by atoms with Crippen molar-refractivity contribution in [3.63, 3.8) is 0 Å². The third-order valence-corrected chi connectivity index (χ3v) is 12.9. The molecular formula is C60H74F3N11O15. The van der Waals surface area contributed by atoms with Gasteiger partial charge in [-0.1, -0.05) is 111 Å². The van der Waals surface area contributed by atoms with Crippen LogP contribution in [0.15, 0.2) is 115 Å². The van der Waals surface area contributed by atoms with Crippen molar-refractivity contribution in [3.05, 3.63) is 138 Å². The van der Waals surface area contributed by atoms with E-state index in [0.717, 1.165) is 10.9 Å². The van der Waals surface area contributed by atoms with Crippen molar-refractivity contribution in [2.45, 2.75) is 140 Å². The first-order valence-corrected chi connectivity index (χ1v) is 28.0. The second-order valence-corrected chi connectivity index (χ2v) is 21.4. The first kappa shape index (κ1) is 71.4. The Labute approximate surface area is 509 Å². The van der Waals surface area contributed by atoms with Crippen LogP contribution in [-0.2, 0) is 78.4 Å². The fourth-order valence-electron chi connectivity index (χ4n) is 8.40. The summed E-state index contributed by atoms with van der Waals surface area (Å²) in [6.45, 7) is 7.56. The number of phenolic OH excluding ortho intramolecular Hbond substituents is 1. The van der Waals surface area contributed by atoms with Gasteiger partial charge in [-0.2, -0.15) is 13.2 Å². The zero-order valence-electron chi connectivity index (χ0n) is 49.3. The van der Waals surface area contributed by atoms with Crippen molar-refractivity contribution in [2.75, 3.05) is 6.54 Å². The number of hydrazine groups is 1. The van der Waals surface area contributed by atoms with Crippen molar-refractivity contribution in [3.8, 4) is 5.75 Å². The Hall–Kier alpha value is -10.1. The number of nitrogens with two attached hydrogens (primary N) is 1. The van der Waals surface area contributed by atoms with Gasteiger partial charge in [-0.05, 0) is 81.0 Å². The number of aromatic nitrogens is 1. The highest BCUT2D eigenvalue weighted by molar-refractivity contribution is 5.98. The van der Waals surface area contributed by atoms with E-state index in [0.29, 0.717) is 35.1 Å². The van der Waals surface area contributed by atoms with Crippen LogP contribution in [0, 0.1) is 0 Å². The number of hydrogen-bond donors (Lipinski definition) is 14. The second kappa shape index (κ2) is 34.3. The lowest BCUT2D eigenvalue weighted by molar-refractivity contribution is -0.192. The molecule has 0 aliphatic rings. The summed E-state index contributed by atoms with van der Waals surface area (Å²) in [6.07, 6.45) is -4.44. The molecule has 15 N–H and O–H groups in total. The van der Waals surface area contributed by atoms with Crippen molar-refractivity contribution in [2.24, 2.45) is 5.73 Å². The number of carbonyl (C=O) groups is 11. The number of hydrogen-bond acceptors (Lipinski definition) is 14. The number of alkyl halides is 3. The summed E-state index contributed by atoms with van der Waals surface area (Å²) in [5.74, 6) is -11.2. The Bertz CT molecular complexity index is 3240. The number of carboxylic acids is 2. The average molecular weight is 1250 g/mol. The van der Waals surface area contributed by atoms with Gasteiger partial charge in [-0.15, -0.1) is 0 Å². The van der Waals surface area contributed by atoms with Crippen LogP contribution in [0.5, 0.6) is 5.75 Å². The number of alkyl carbamates (subject to hydrolysis) is 1.